The van der Waals surface area contributed by atoms with Gasteiger partial charge in [-0.1, -0.05) is 29.8 Å². The normalized spacial score (nSPS) is 15.5. The van der Waals surface area contributed by atoms with Gasteiger partial charge >= 0.3 is 5.97 Å². The van der Waals surface area contributed by atoms with Gasteiger partial charge in [0, 0.05) is 23.0 Å². The van der Waals surface area contributed by atoms with E-state index in [0.29, 0.717) is 5.02 Å². The summed E-state index contributed by atoms with van der Waals surface area (Å²) in [5.41, 5.74) is 2.11. The standard InChI is InChI=1S/C16H16ClNO2S.ClH/c1-20-16(19)15(12-4-2-3-5-13(12)17)18-8-6-14-11(10-18)7-9-21-14;/h2-5,7,9,15H,6,8,10H2,1H3;1H. The summed E-state index contributed by atoms with van der Waals surface area (Å²) in [5, 5.41) is 2.71. The van der Waals surface area contributed by atoms with Gasteiger partial charge in [-0.3, -0.25) is 4.90 Å². The Morgan fingerprint density at radius 3 is 2.86 bits per heavy atom. The first-order chi connectivity index (χ1) is 10.2. The molecular formula is C16H17Cl2NO2S. The van der Waals surface area contributed by atoms with Crippen LogP contribution in [0.4, 0.5) is 0 Å². The first-order valence-electron chi connectivity index (χ1n) is 6.82. The van der Waals surface area contributed by atoms with Gasteiger partial charge < -0.3 is 4.74 Å². The minimum absolute atomic E-state index is 0. The number of methoxy groups -OCH3 is 1. The molecule has 0 spiro atoms. The van der Waals surface area contributed by atoms with E-state index in [-0.39, 0.29) is 18.4 Å². The average molecular weight is 358 g/mol. The minimum Gasteiger partial charge on any atom is -0.468 e. The van der Waals surface area contributed by atoms with Crippen LogP contribution < -0.4 is 0 Å². The van der Waals surface area contributed by atoms with E-state index in [4.69, 9.17) is 16.3 Å². The smallest absolute Gasteiger partial charge is 0.327 e. The maximum absolute atomic E-state index is 12.3. The number of nitrogens with zero attached hydrogens (tertiary/aromatic N) is 1. The number of thiophene rings is 1. The average Bonchev–Trinajstić information content (AvgIpc) is 2.97. The third kappa shape index (κ3) is 3.30. The fraction of sp³-hybridized carbons (Fsp3) is 0.312. The van der Waals surface area contributed by atoms with Crippen LogP contribution in [0.3, 0.4) is 0 Å². The van der Waals surface area contributed by atoms with Crippen LogP contribution in [0.25, 0.3) is 0 Å². The van der Waals surface area contributed by atoms with Crippen molar-refractivity contribution in [2.24, 2.45) is 0 Å². The number of halogens is 2. The highest BCUT2D eigenvalue weighted by molar-refractivity contribution is 7.10. The molecule has 1 aromatic carbocycles. The number of hydrogen-bond donors (Lipinski definition) is 0. The summed E-state index contributed by atoms with van der Waals surface area (Å²) in [5.74, 6) is -0.262. The molecule has 1 atom stereocenters. The van der Waals surface area contributed by atoms with E-state index >= 15 is 0 Å². The van der Waals surface area contributed by atoms with E-state index in [1.54, 1.807) is 11.3 Å². The minimum atomic E-state index is -0.447. The Morgan fingerprint density at radius 1 is 1.36 bits per heavy atom. The maximum atomic E-state index is 12.3. The lowest BCUT2D eigenvalue weighted by Crippen LogP contribution is -2.38. The van der Waals surface area contributed by atoms with E-state index < -0.39 is 6.04 Å². The third-order valence-corrected chi connectivity index (χ3v) is 5.19. The molecule has 0 radical (unpaired) electrons. The van der Waals surface area contributed by atoms with Crippen LogP contribution in [-0.2, 0) is 22.5 Å². The molecule has 118 valence electrons. The van der Waals surface area contributed by atoms with Crippen molar-refractivity contribution in [3.8, 4) is 0 Å². The summed E-state index contributed by atoms with van der Waals surface area (Å²) in [7, 11) is 1.42. The molecule has 0 amide bonds. The molecule has 0 saturated carbocycles. The Bertz CT molecular complexity index is 659. The van der Waals surface area contributed by atoms with E-state index in [0.717, 1.165) is 25.1 Å². The van der Waals surface area contributed by atoms with Gasteiger partial charge in [0.15, 0.2) is 0 Å². The van der Waals surface area contributed by atoms with Gasteiger partial charge in [0.1, 0.15) is 6.04 Å². The molecule has 6 heteroatoms. The van der Waals surface area contributed by atoms with Gasteiger partial charge in [-0.25, -0.2) is 4.79 Å². The lowest BCUT2D eigenvalue weighted by molar-refractivity contribution is -0.147. The van der Waals surface area contributed by atoms with Gasteiger partial charge in [-0.15, -0.1) is 23.7 Å². The highest BCUT2D eigenvalue weighted by Gasteiger charge is 2.32. The highest BCUT2D eigenvalue weighted by Crippen LogP contribution is 2.33. The van der Waals surface area contributed by atoms with Gasteiger partial charge in [-0.05, 0) is 35.1 Å². The van der Waals surface area contributed by atoms with Crippen molar-refractivity contribution in [3.05, 3.63) is 56.7 Å². The Hall–Kier alpha value is -1.07. The lowest BCUT2D eigenvalue weighted by atomic mass is 10.0. The Morgan fingerprint density at radius 2 is 2.14 bits per heavy atom. The van der Waals surface area contributed by atoms with Crippen molar-refractivity contribution in [3.63, 3.8) is 0 Å². The van der Waals surface area contributed by atoms with Crippen molar-refractivity contribution in [1.82, 2.24) is 4.90 Å². The highest BCUT2D eigenvalue weighted by atomic mass is 35.5. The Kier molecular flexibility index (Phi) is 5.87. The maximum Gasteiger partial charge on any atom is 0.327 e. The molecule has 3 nitrogen and oxygen atoms in total. The molecule has 2 aromatic rings. The van der Waals surface area contributed by atoms with E-state index in [2.05, 4.69) is 16.3 Å². The number of rotatable bonds is 3. The van der Waals surface area contributed by atoms with Crippen LogP contribution in [0.5, 0.6) is 0 Å². The van der Waals surface area contributed by atoms with Gasteiger partial charge in [0.2, 0.25) is 0 Å². The molecule has 1 aliphatic rings. The second-order valence-corrected chi connectivity index (χ2v) is 6.44. The predicted octanol–water partition coefficient (Wildman–Crippen LogP) is 4.10. The van der Waals surface area contributed by atoms with Crippen LogP contribution >= 0.6 is 35.3 Å². The molecule has 0 bridgehead atoms. The largest absolute Gasteiger partial charge is 0.468 e. The van der Waals surface area contributed by atoms with Crippen molar-refractivity contribution in [1.29, 1.82) is 0 Å². The summed E-state index contributed by atoms with van der Waals surface area (Å²) in [4.78, 5) is 15.8. The Labute approximate surface area is 145 Å². The second kappa shape index (κ2) is 7.47. The molecule has 3 rings (SSSR count). The first-order valence-corrected chi connectivity index (χ1v) is 8.08. The van der Waals surface area contributed by atoms with Crippen LogP contribution in [0, 0.1) is 0 Å². The van der Waals surface area contributed by atoms with E-state index in [1.807, 2.05) is 24.3 Å². The van der Waals surface area contributed by atoms with Crippen molar-refractivity contribution in [2.45, 2.75) is 19.0 Å². The third-order valence-electron chi connectivity index (χ3n) is 3.83. The number of fused-ring (bicyclic) bond motifs is 1. The molecule has 22 heavy (non-hydrogen) atoms. The topological polar surface area (TPSA) is 29.5 Å². The number of ether oxygens (including phenoxy) is 1. The fourth-order valence-electron chi connectivity index (χ4n) is 2.77. The van der Waals surface area contributed by atoms with Crippen LogP contribution in [0.2, 0.25) is 5.02 Å². The predicted molar refractivity (Wildman–Crippen MR) is 91.9 cm³/mol. The molecule has 1 aromatic heterocycles. The quantitative estimate of drug-likeness (QED) is 0.774. The lowest BCUT2D eigenvalue weighted by Gasteiger charge is -2.33. The van der Waals surface area contributed by atoms with E-state index in [1.165, 1.54) is 17.6 Å². The molecule has 0 fully saturated rings. The molecular weight excluding hydrogens is 341 g/mol. The molecule has 0 N–H and O–H groups in total. The van der Waals surface area contributed by atoms with Crippen LogP contribution in [-0.4, -0.2) is 24.5 Å². The first kappa shape index (κ1) is 17.3. The Balaban J connectivity index is 0.00000176. The SMILES string of the molecule is COC(=O)C(c1ccccc1Cl)N1CCc2sccc2C1.Cl. The van der Waals surface area contributed by atoms with E-state index in [9.17, 15) is 4.79 Å². The molecule has 1 unspecified atom stereocenters. The molecule has 1 aliphatic heterocycles. The molecule has 0 saturated heterocycles. The van der Waals surface area contributed by atoms with Gasteiger partial charge in [0.25, 0.3) is 0 Å². The van der Waals surface area contributed by atoms with Crippen molar-refractivity contribution in [2.75, 3.05) is 13.7 Å². The zero-order valence-electron chi connectivity index (χ0n) is 12.1. The van der Waals surface area contributed by atoms with Crippen LogP contribution in [0.1, 0.15) is 22.0 Å². The number of carbonyl (C=O) groups excluding carboxylic acids is 1. The number of esters is 1. The number of benzene rings is 1. The second-order valence-electron chi connectivity index (χ2n) is 5.04. The monoisotopic (exact) mass is 357 g/mol. The summed E-state index contributed by atoms with van der Waals surface area (Å²) in [6.07, 6.45) is 0.963. The zero-order chi connectivity index (χ0) is 14.8. The summed E-state index contributed by atoms with van der Waals surface area (Å²) in [6.45, 7) is 1.59. The summed E-state index contributed by atoms with van der Waals surface area (Å²) in [6, 6.07) is 9.16. The number of hydrogen-bond acceptors (Lipinski definition) is 4. The molecule has 2 heterocycles. The van der Waals surface area contributed by atoms with Gasteiger partial charge in [-0.2, -0.15) is 0 Å². The summed E-state index contributed by atoms with van der Waals surface area (Å²) < 4.78 is 5.01. The van der Waals surface area contributed by atoms with Crippen LogP contribution in [0.15, 0.2) is 35.7 Å². The van der Waals surface area contributed by atoms with Gasteiger partial charge in [0.05, 0.1) is 7.11 Å². The molecule has 0 aliphatic carbocycles. The van der Waals surface area contributed by atoms with Crippen molar-refractivity contribution < 1.29 is 9.53 Å². The zero-order valence-corrected chi connectivity index (χ0v) is 14.5. The van der Waals surface area contributed by atoms with Crippen molar-refractivity contribution >= 4 is 41.3 Å². The fourth-order valence-corrected chi connectivity index (χ4v) is 3.90. The summed E-state index contributed by atoms with van der Waals surface area (Å²) >= 11 is 8.07. The number of carbonyl (C=O) groups is 1.